The predicted molar refractivity (Wildman–Crippen MR) is 154 cm³/mol. The summed E-state index contributed by atoms with van der Waals surface area (Å²) in [6.45, 7) is 1.98. The van der Waals surface area contributed by atoms with Crippen molar-refractivity contribution < 1.29 is 19.1 Å². The fourth-order valence-electron chi connectivity index (χ4n) is 6.99. The molecule has 7 rings (SSSR count). The van der Waals surface area contributed by atoms with Gasteiger partial charge in [0, 0.05) is 28.3 Å². The molecule has 2 aliphatic heterocycles. The average molecular weight is 526 g/mol. The van der Waals surface area contributed by atoms with E-state index in [0.717, 1.165) is 22.4 Å². The van der Waals surface area contributed by atoms with E-state index in [1.807, 2.05) is 96.8 Å². The molecule has 0 N–H and O–H groups in total. The van der Waals surface area contributed by atoms with Gasteiger partial charge >= 0.3 is 0 Å². The van der Waals surface area contributed by atoms with Crippen LogP contribution in [-0.4, -0.2) is 36.5 Å². The summed E-state index contributed by atoms with van der Waals surface area (Å²) in [6, 6.07) is 28.4. The molecule has 3 aliphatic rings. The number of ether oxygens (including phenoxy) is 1. The van der Waals surface area contributed by atoms with Gasteiger partial charge in [-0.3, -0.25) is 14.4 Å². The van der Waals surface area contributed by atoms with E-state index in [1.165, 1.54) is 0 Å². The minimum atomic E-state index is -1.51. The van der Waals surface area contributed by atoms with Gasteiger partial charge in [-0.05, 0) is 36.2 Å². The highest BCUT2D eigenvalue weighted by Gasteiger charge is 2.71. The van der Waals surface area contributed by atoms with Gasteiger partial charge in [0.05, 0.1) is 13.2 Å². The van der Waals surface area contributed by atoms with Crippen LogP contribution in [0.15, 0.2) is 103 Å². The number of methoxy groups -OCH3 is 1. The molecule has 4 aromatic carbocycles. The smallest absolute Gasteiger partial charge is 0.185 e. The Kier molecular flexibility index (Phi) is 5.39. The normalized spacial score (nSPS) is 21.8. The third kappa shape index (κ3) is 3.18. The molecule has 40 heavy (non-hydrogen) atoms. The molecule has 0 bridgehead atoms. The Morgan fingerprint density at radius 2 is 1.43 bits per heavy atom. The van der Waals surface area contributed by atoms with E-state index in [4.69, 9.17) is 4.74 Å². The number of aryl methyl sites for hydroxylation is 1. The van der Waals surface area contributed by atoms with E-state index in [-0.39, 0.29) is 17.3 Å². The molecule has 1 fully saturated rings. The number of nitrogens with zero attached hydrogens (tertiary/aromatic N) is 1. The van der Waals surface area contributed by atoms with E-state index in [1.54, 1.807) is 31.4 Å². The van der Waals surface area contributed by atoms with Gasteiger partial charge in [0.25, 0.3) is 0 Å². The number of carbonyl (C=O) groups is 3. The Hall–Kier alpha value is -4.77. The quantitative estimate of drug-likeness (QED) is 0.231. The van der Waals surface area contributed by atoms with Crippen molar-refractivity contribution in [1.82, 2.24) is 0 Å². The van der Waals surface area contributed by atoms with Crippen molar-refractivity contribution in [3.8, 4) is 5.75 Å². The zero-order valence-electron chi connectivity index (χ0n) is 22.2. The van der Waals surface area contributed by atoms with Gasteiger partial charge in [0.15, 0.2) is 17.3 Å². The van der Waals surface area contributed by atoms with Crippen molar-refractivity contribution in [1.29, 1.82) is 0 Å². The number of Topliss-reactive ketones (excluding diaryl/α,β-unsaturated/α-hetero) is 3. The van der Waals surface area contributed by atoms with Crippen LogP contribution >= 0.6 is 0 Å². The van der Waals surface area contributed by atoms with Crippen molar-refractivity contribution >= 4 is 29.1 Å². The van der Waals surface area contributed by atoms with Crippen molar-refractivity contribution in [3.05, 3.63) is 137 Å². The molecule has 0 aromatic heterocycles. The van der Waals surface area contributed by atoms with Gasteiger partial charge in [-0.15, -0.1) is 0 Å². The second-order valence-electron chi connectivity index (χ2n) is 10.8. The van der Waals surface area contributed by atoms with Crippen LogP contribution in [0, 0.1) is 12.3 Å². The molecule has 196 valence electrons. The molecule has 2 heterocycles. The Morgan fingerprint density at radius 3 is 2.08 bits per heavy atom. The van der Waals surface area contributed by atoms with Crippen molar-refractivity contribution in [2.75, 3.05) is 12.0 Å². The van der Waals surface area contributed by atoms with Crippen LogP contribution in [0.3, 0.4) is 0 Å². The molecule has 5 heteroatoms. The maximum absolute atomic E-state index is 14.6. The molecule has 1 aliphatic carbocycles. The highest BCUT2D eigenvalue weighted by Crippen LogP contribution is 2.61. The number of ketones is 3. The fraction of sp³-hybridized carbons (Fsp3) is 0.171. The van der Waals surface area contributed by atoms with Gasteiger partial charge in [-0.1, -0.05) is 96.6 Å². The Labute approximate surface area is 232 Å². The molecule has 0 unspecified atom stereocenters. The van der Waals surface area contributed by atoms with Crippen molar-refractivity contribution in [3.63, 3.8) is 0 Å². The van der Waals surface area contributed by atoms with Crippen LogP contribution in [0.25, 0.3) is 6.08 Å². The SMILES string of the molecule is COc1ccc([C@@H]2[C@@H](C(=O)c3ccc(C)cc3)N3c4ccccc4C=C[C@H]3C23C(=O)c2ccccc2C3=O)cc1. The number of fused-ring (bicyclic) bond motifs is 5. The first-order chi connectivity index (χ1) is 19.5. The molecule has 1 spiro atoms. The number of hydrogen-bond acceptors (Lipinski definition) is 5. The van der Waals surface area contributed by atoms with Gasteiger partial charge in [-0.25, -0.2) is 0 Å². The first-order valence-electron chi connectivity index (χ1n) is 13.5. The summed E-state index contributed by atoms with van der Waals surface area (Å²) >= 11 is 0. The predicted octanol–water partition coefficient (Wildman–Crippen LogP) is 6.32. The lowest BCUT2D eigenvalue weighted by Crippen LogP contribution is -2.48. The van der Waals surface area contributed by atoms with E-state index in [0.29, 0.717) is 22.4 Å². The van der Waals surface area contributed by atoms with Crippen LogP contribution in [0.2, 0.25) is 0 Å². The summed E-state index contributed by atoms with van der Waals surface area (Å²) in [4.78, 5) is 46.0. The molecule has 0 amide bonds. The highest BCUT2D eigenvalue weighted by molar-refractivity contribution is 6.32. The molecule has 0 radical (unpaired) electrons. The van der Waals surface area contributed by atoms with Crippen LogP contribution in [0.5, 0.6) is 5.75 Å². The third-order valence-corrected chi connectivity index (χ3v) is 8.79. The zero-order chi connectivity index (χ0) is 27.6. The first kappa shape index (κ1) is 24.3. The second kappa shape index (κ2) is 8.88. The number of benzene rings is 4. The van der Waals surface area contributed by atoms with E-state index < -0.39 is 23.4 Å². The van der Waals surface area contributed by atoms with Crippen LogP contribution in [0.1, 0.15) is 53.7 Å². The van der Waals surface area contributed by atoms with Gasteiger partial charge in [0.1, 0.15) is 17.2 Å². The molecular weight excluding hydrogens is 498 g/mol. The van der Waals surface area contributed by atoms with Crippen molar-refractivity contribution in [2.45, 2.75) is 24.9 Å². The lowest BCUT2D eigenvalue weighted by atomic mass is 9.64. The summed E-state index contributed by atoms with van der Waals surface area (Å²) in [5.41, 5.74) is 3.46. The Balaban J connectivity index is 1.53. The number of anilines is 1. The summed E-state index contributed by atoms with van der Waals surface area (Å²) < 4.78 is 5.42. The highest BCUT2D eigenvalue weighted by atomic mass is 16.5. The summed E-state index contributed by atoms with van der Waals surface area (Å²) in [5.74, 6) is -0.656. The number of carbonyl (C=O) groups excluding carboxylic acids is 3. The maximum Gasteiger partial charge on any atom is 0.185 e. The van der Waals surface area contributed by atoms with Crippen molar-refractivity contribution in [2.24, 2.45) is 5.41 Å². The molecule has 4 aromatic rings. The average Bonchev–Trinajstić information content (AvgIpc) is 3.43. The van der Waals surface area contributed by atoms with Crippen LogP contribution in [-0.2, 0) is 0 Å². The Morgan fingerprint density at radius 1 is 0.800 bits per heavy atom. The molecule has 5 nitrogen and oxygen atoms in total. The van der Waals surface area contributed by atoms with Crippen LogP contribution in [0.4, 0.5) is 5.69 Å². The summed E-state index contributed by atoms with van der Waals surface area (Å²) in [7, 11) is 1.60. The maximum atomic E-state index is 14.6. The lowest BCUT2D eigenvalue weighted by Gasteiger charge is -2.37. The molecule has 1 saturated heterocycles. The summed E-state index contributed by atoms with van der Waals surface area (Å²) in [5, 5.41) is 0. The minimum Gasteiger partial charge on any atom is -0.497 e. The number of para-hydroxylation sites is 1. The lowest BCUT2D eigenvalue weighted by molar-refractivity contribution is 0.0666. The Bertz CT molecular complexity index is 1680. The zero-order valence-corrected chi connectivity index (χ0v) is 22.2. The second-order valence-corrected chi connectivity index (χ2v) is 10.8. The molecule has 0 saturated carbocycles. The van der Waals surface area contributed by atoms with Gasteiger partial charge in [0.2, 0.25) is 0 Å². The minimum absolute atomic E-state index is 0.121. The standard InChI is InChI=1S/C35H27NO4/c1-21-11-13-24(14-12-21)32(37)31-30(23-15-18-25(40-2)19-16-23)35(33(38)26-8-4-5-9-27(26)34(35)39)29-20-17-22-7-3-6-10-28(22)36(29)31/h3-20,29-31H,1-2H3/t29-,30+,31-/m0/s1. The van der Waals surface area contributed by atoms with E-state index in [2.05, 4.69) is 0 Å². The monoisotopic (exact) mass is 525 g/mol. The van der Waals surface area contributed by atoms with Crippen LogP contribution < -0.4 is 9.64 Å². The summed E-state index contributed by atoms with van der Waals surface area (Å²) in [6.07, 6.45) is 3.93. The van der Waals surface area contributed by atoms with E-state index in [9.17, 15) is 14.4 Å². The topological polar surface area (TPSA) is 63.7 Å². The van der Waals surface area contributed by atoms with E-state index >= 15 is 0 Å². The number of rotatable bonds is 4. The molecule has 3 atom stereocenters. The number of hydrogen-bond donors (Lipinski definition) is 0. The first-order valence-corrected chi connectivity index (χ1v) is 13.5. The third-order valence-electron chi connectivity index (χ3n) is 8.79. The molecular formula is C35H27NO4. The van der Waals surface area contributed by atoms with Gasteiger partial charge < -0.3 is 9.64 Å². The fourth-order valence-corrected chi connectivity index (χ4v) is 6.99. The van der Waals surface area contributed by atoms with Gasteiger partial charge in [-0.2, -0.15) is 0 Å². The largest absolute Gasteiger partial charge is 0.497 e.